The average molecular weight is 609 g/mol. The first-order valence-electron chi connectivity index (χ1n) is 16.2. The summed E-state index contributed by atoms with van der Waals surface area (Å²) in [5.74, 6) is 0.824. The van der Waals surface area contributed by atoms with Gasteiger partial charge in [0.15, 0.2) is 0 Å². The zero-order valence-electron chi connectivity index (χ0n) is 26.0. The number of alkyl carbamates (subject to hydrolysis) is 1. The number of amides is 2. The molecule has 2 amide bonds. The van der Waals surface area contributed by atoms with Crippen molar-refractivity contribution in [2.75, 3.05) is 26.9 Å². The van der Waals surface area contributed by atoms with Crippen molar-refractivity contribution in [1.82, 2.24) is 20.2 Å². The fourth-order valence-corrected chi connectivity index (χ4v) is 7.47. The number of benzene rings is 1. The van der Waals surface area contributed by atoms with E-state index in [2.05, 4.69) is 5.32 Å². The number of methoxy groups -OCH3 is 1. The Labute approximate surface area is 258 Å². The van der Waals surface area contributed by atoms with Gasteiger partial charge in [0.1, 0.15) is 36.0 Å². The molecule has 6 rings (SSSR count). The summed E-state index contributed by atoms with van der Waals surface area (Å²) in [6, 6.07) is 4.00. The van der Waals surface area contributed by atoms with Crippen molar-refractivity contribution in [3.63, 3.8) is 0 Å². The molecule has 1 saturated carbocycles. The van der Waals surface area contributed by atoms with Crippen LogP contribution in [0.15, 0.2) is 18.2 Å². The Hall–Kier alpha value is -3.47. The fraction of sp³-hybridized carbons (Fsp3) is 0.667. The summed E-state index contributed by atoms with van der Waals surface area (Å²) in [6.07, 6.45) is 7.71. The number of aldehydes is 1. The van der Waals surface area contributed by atoms with Crippen molar-refractivity contribution in [2.45, 2.75) is 95.9 Å². The lowest BCUT2D eigenvalue weighted by atomic mass is 9.79. The van der Waals surface area contributed by atoms with E-state index in [4.69, 9.17) is 28.9 Å². The maximum absolute atomic E-state index is 14.3. The van der Waals surface area contributed by atoms with Crippen molar-refractivity contribution in [2.24, 2.45) is 17.3 Å². The van der Waals surface area contributed by atoms with Gasteiger partial charge in [-0.25, -0.2) is 14.8 Å². The standard InChI is InChI=1S/C33H44N4O7/c1-4-22-26(17-38)37-16-28(22)43-30-24(34-23-14-13-21(41-3)15-25(23)35-30)11-7-5-6-9-20-10-8-12-27(20)44-32(40)36-29(31(37)39)33(2)18-42-19-33/h13-15,17,20,22,26-29H,4-12,16,18-19H2,1-3H3,(H,36,40)/t20-,22+,26-,27-,28+,29-/m1/s1. The van der Waals surface area contributed by atoms with E-state index < -0.39 is 29.7 Å². The highest BCUT2D eigenvalue weighted by Gasteiger charge is 2.52. The Balaban J connectivity index is 1.36. The predicted octanol–water partition coefficient (Wildman–Crippen LogP) is 4.24. The van der Waals surface area contributed by atoms with Gasteiger partial charge >= 0.3 is 6.09 Å². The van der Waals surface area contributed by atoms with Gasteiger partial charge in [-0.15, -0.1) is 0 Å². The molecule has 3 fully saturated rings. The van der Waals surface area contributed by atoms with Gasteiger partial charge in [0.25, 0.3) is 0 Å². The lowest BCUT2D eigenvalue weighted by Crippen LogP contribution is -2.64. The Morgan fingerprint density at radius 1 is 1.05 bits per heavy atom. The van der Waals surface area contributed by atoms with Gasteiger partial charge in [-0.05, 0) is 63.0 Å². The molecule has 0 spiro atoms. The molecule has 0 unspecified atom stereocenters. The van der Waals surface area contributed by atoms with E-state index in [9.17, 15) is 14.4 Å². The summed E-state index contributed by atoms with van der Waals surface area (Å²) in [5.41, 5.74) is 1.58. The van der Waals surface area contributed by atoms with Crippen molar-refractivity contribution in [1.29, 1.82) is 0 Å². The number of hydrogen-bond donors (Lipinski definition) is 1. The zero-order chi connectivity index (χ0) is 30.8. The van der Waals surface area contributed by atoms with Crippen LogP contribution in [0.25, 0.3) is 11.0 Å². The highest BCUT2D eigenvalue weighted by atomic mass is 16.6. The van der Waals surface area contributed by atoms with Crippen molar-refractivity contribution >= 4 is 29.3 Å². The number of ether oxygens (including phenoxy) is 4. The molecular formula is C33H44N4O7. The maximum atomic E-state index is 14.3. The summed E-state index contributed by atoms with van der Waals surface area (Å²) in [5, 5.41) is 2.91. The van der Waals surface area contributed by atoms with Crippen molar-refractivity contribution in [3.05, 3.63) is 23.9 Å². The number of aromatic nitrogens is 2. The Kier molecular flexibility index (Phi) is 8.94. The third-order valence-corrected chi connectivity index (χ3v) is 10.1. The Morgan fingerprint density at radius 3 is 2.59 bits per heavy atom. The molecule has 2 bridgehead atoms. The number of rotatable bonds is 4. The molecule has 11 nitrogen and oxygen atoms in total. The minimum absolute atomic E-state index is 0.165. The zero-order valence-corrected chi connectivity index (χ0v) is 26.0. The Morgan fingerprint density at radius 2 is 1.86 bits per heavy atom. The second kappa shape index (κ2) is 12.9. The van der Waals surface area contributed by atoms with Gasteiger partial charge < -0.3 is 34.0 Å². The molecule has 1 N–H and O–H groups in total. The van der Waals surface area contributed by atoms with E-state index in [0.29, 0.717) is 49.1 Å². The number of carbonyl (C=O) groups excluding carboxylic acids is 3. The molecule has 1 aromatic heterocycles. The van der Waals surface area contributed by atoms with Gasteiger partial charge in [-0.2, -0.15) is 0 Å². The quantitative estimate of drug-likeness (QED) is 0.507. The summed E-state index contributed by atoms with van der Waals surface area (Å²) >= 11 is 0. The van der Waals surface area contributed by atoms with Crippen LogP contribution in [0.2, 0.25) is 0 Å². The third-order valence-electron chi connectivity index (χ3n) is 10.1. The van der Waals surface area contributed by atoms with E-state index in [1.54, 1.807) is 12.0 Å². The van der Waals surface area contributed by atoms with Gasteiger partial charge in [0.2, 0.25) is 11.8 Å². The van der Waals surface area contributed by atoms with Gasteiger partial charge in [0.05, 0.1) is 43.9 Å². The molecular weight excluding hydrogens is 564 g/mol. The molecule has 11 heteroatoms. The van der Waals surface area contributed by atoms with Crippen LogP contribution in [0.5, 0.6) is 11.6 Å². The van der Waals surface area contributed by atoms with Crippen LogP contribution in [0.1, 0.15) is 70.9 Å². The molecule has 2 aromatic rings. The maximum Gasteiger partial charge on any atom is 0.408 e. The highest BCUT2D eigenvalue weighted by Crippen LogP contribution is 2.38. The number of nitrogens with zero attached hydrogens (tertiary/aromatic N) is 3. The van der Waals surface area contributed by atoms with Crippen LogP contribution in [0.4, 0.5) is 4.79 Å². The van der Waals surface area contributed by atoms with Gasteiger partial charge in [-0.3, -0.25) is 4.79 Å². The summed E-state index contributed by atoms with van der Waals surface area (Å²) in [6.45, 7) is 4.75. The first-order chi connectivity index (χ1) is 21.3. The van der Waals surface area contributed by atoms with E-state index in [0.717, 1.165) is 62.4 Å². The lowest BCUT2D eigenvalue weighted by Gasteiger charge is -2.45. The summed E-state index contributed by atoms with van der Waals surface area (Å²) in [4.78, 5) is 51.5. The van der Waals surface area contributed by atoms with Gasteiger partial charge in [-0.1, -0.05) is 26.7 Å². The third kappa shape index (κ3) is 5.95. The molecule has 4 heterocycles. The molecule has 238 valence electrons. The largest absolute Gasteiger partial charge is 0.497 e. The summed E-state index contributed by atoms with van der Waals surface area (Å²) < 4.78 is 23.5. The minimum Gasteiger partial charge on any atom is -0.497 e. The van der Waals surface area contributed by atoms with E-state index in [1.807, 2.05) is 32.0 Å². The van der Waals surface area contributed by atoms with Crippen molar-refractivity contribution < 1.29 is 33.3 Å². The molecule has 3 aliphatic heterocycles. The van der Waals surface area contributed by atoms with Crippen LogP contribution in [0, 0.1) is 17.3 Å². The van der Waals surface area contributed by atoms with Crippen molar-refractivity contribution in [3.8, 4) is 11.6 Å². The Bertz CT molecular complexity index is 1380. The predicted molar refractivity (Wildman–Crippen MR) is 161 cm³/mol. The van der Waals surface area contributed by atoms with E-state index >= 15 is 0 Å². The first-order valence-corrected chi connectivity index (χ1v) is 16.2. The number of aryl methyl sites for hydroxylation is 1. The molecule has 2 saturated heterocycles. The SMILES string of the molecule is CC[C@@H]1[C@@H]2CN(C(=O)[C@H](C3(C)COC3)NC(=O)O[C@@H]3CCC[C@H]3CCCCCc3nc4ccc(OC)cc4nc3O2)[C@@H]1C=O. The lowest BCUT2D eigenvalue weighted by molar-refractivity contribution is -0.157. The number of fused-ring (bicyclic) bond motifs is 5. The monoisotopic (exact) mass is 608 g/mol. The van der Waals surface area contributed by atoms with Crippen LogP contribution in [-0.4, -0.2) is 84.3 Å². The number of carbonyl (C=O) groups is 3. The molecule has 1 aliphatic carbocycles. The van der Waals surface area contributed by atoms with Crippen LogP contribution in [0.3, 0.4) is 0 Å². The molecule has 0 radical (unpaired) electrons. The second-order valence-corrected chi connectivity index (χ2v) is 13.1. The fourth-order valence-electron chi connectivity index (χ4n) is 7.47. The first kappa shape index (κ1) is 30.6. The van der Waals surface area contributed by atoms with Crippen LogP contribution < -0.4 is 14.8 Å². The summed E-state index contributed by atoms with van der Waals surface area (Å²) in [7, 11) is 1.61. The average Bonchev–Trinajstić information content (AvgIpc) is 3.60. The normalized spacial score (nSPS) is 30.9. The van der Waals surface area contributed by atoms with E-state index in [1.165, 1.54) is 0 Å². The second-order valence-electron chi connectivity index (χ2n) is 13.1. The van der Waals surface area contributed by atoms with E-state index in [-0.39, 0.29) is 24.5 Å². The molecule has 4 aliphatic rings. The minimum atomic E-state index is -0.898. The molecule has 6 atom stereocenters. The van der Waals surface area contributed by atoms with Crippen LogP contribution in [-0.2, 0) is 25.5 Å². The van der Waals surface area contributed by atoms with Gasteiger partial charge in [0, 0.05) is 17.4 Å². The molecule has 1 aromatic carbocycles. The smallest absolute Gasteiger partial charge is 0.408 e. The van der Waals surface area contributed by atoms with Crippen LogP contribution >= 0.6 is 0 Å². The topological polar surface area (TPSA) is 129 Å². The number of hydrogen-bond acceptors (Lipinski definition) is 9. The highest BCUT2D eigenvalue weighted by molar-refractivity contribution is 5.89. The number of nitrogens with one attached hydrogen (secondary N) is 1. The molecule has 44 heavy (non-hydrogen) atoms.